The van der Waals surface area contributed by atoms with Gasteiger partial charge in [-0.05, 0) is 36.6 Å². The molecule has 1 heterocycles. The maximum absolute atomic E-state index is 9.41. The molecule has 0 saturated heterocycles. The SMILES string of the molecule is Oc1cccc(Cn2ccc(CNC3CC3)n2)c1. The summed E-state index contributed by atoms with van der Waals surface area (Å²) in [6.07, 6.45) is 4.57. The minimum atomic E-state index is 0.301. The molecule has 2 aromatic rings. The van der Waals surface area contributed by atoms with Gasteiger partial charge >= 0.3 is 0 Å². The molecule has 2 N–H and O–H groups in total. The summed E-state index contributed by atoms with van der Waals surface area (Å²) >= 11 is 0. The van der Waals surface area contributed by atoms with Gasteiger partial charge in [-0.1, -0.05) is 12.1 Å². The van der Waals surface area contributed by atoms with E-state index in [0.29, 0.717) is 18.3 Å². The van der Waals surface area contributed by atoms with Gasteiger partial charge in [0.05, 0.1) is 12.2 Å². The molecule has 1 saturated carbocycles. The minimum absolute atomic E-state index is 0.301. The van der Waals surface area contributed by atoms with Crippen LogP contribution in [0.15, 0.2) is 36.5 Å². The Bertz CT molecular complexity index is 531. The normalized spacial score (nSPS) is 14.9. The van der Waals surface area contributed by atoms with Gasteiger partial charge < -0.3 is 10.4 Å². The standard InChI is InChI=1S/C14H17N3O/c18-14-3-1-2-11(8-14)10-17-7-6-13(16-17)9-15-12-4-5-12/h1-3,6-8,12,15,18H,4-5,9-10H2. The third-order valence-corrected chi connectivity index (χ3v) is 3.10. The van der Waals surface area contributed by atoms with Crippen LogP contribution in [-0.4, -0.2) is 20.9 Å². The molecule has 0 amide bonds. The summed E-state index contributed by atoms with van der Waals surface area (Å²) < 4.78 is 1.90. The number of hydrogen-bond donors (Lipinski definition) is 2. The Morgan fingerprint density at radius 1 is 1.33 bits per heavy atom. The predicted molar refractivity (Wildman–Crippen MR) is 69.3 cm³/mol. The van der Waals surface area contributed by atoms with Gasteiger partial charge in [0.2, 0.25) is 0 Å². The highest BCUT2D eigenvalue weighted by molar-refractivity contribution is 5.27. The smallest absolute Gasteiger partial charge is 0.115 e. The third kappa shape index (κ3) is 2.90. The first-order valence-corrected chi connectivity index (χ1v) is 6.33. The first kappa shape index (κ1) is 11.3. The Hall–Kier alpha value is -1.81. The van der Waals surface area contributed by atoms with E-state index in [4.69, 9.17) is 0 Å². The molecule has 0 atom stereocenters. The van der Waals surface area contributed by atoms with Gasteiger partial charge in [-0.15, -0.1) is 0 Å². The van der Waals surface area contributed by atoms with E-state index in [1.54, 1.807) is 12.1 Å². The lowest BCUT2D eigenvalue weighted by molar-refractivity contribution is 0.474. The Morgan fingerprint density at radius 3 is 3.00 bits per heavy atom. The number of aromatic nitrogens is 2. The average Bonchev–Trinajstić information content (AvgIpc) is 3.08. The van der Waals surface area contributed by atoms with Crippen LogP contribution in [0.5, 0.6) is 5.75 Å². The van der Waals surface area contributed by atoms with Crippen LogP contribution in [0.25, 0.3) is 0 Å². The number of aromatic hydroxyl groups is 1. The molecule has 1 fully saturated rings. The molecule has 0 aliphatic heterocycles. The molecule has 94 valence electrons. The largest absolute Gasteiger partial charge is 0.508 e. The van der Waals surface area contributed by atoms with Gasteiger partial charge in [0.15, 0.2) is 0 Å². The van der Waals surface area contributed by atoms with Crippen molar-refractivity contribution in [1.82, 2.24) is 15.1 Å². The highest BCUT2D eigenvalue weighted by Crippen LogP contribution is 2.19. The second-order valence-corrected chi connectivity index (χ2v) is 4.83. The quantitative estimate of drug-likeness (QED) is 0.843. The molecule has 0 bridgehead atoms. The van der Waals surface area contributed by atoms with E-state index in [1.807, 2.05) is 29.1 Å². The summed E-state index contributed by atoms with van der Waals surface area (Å²) in [6, 6.07) is 10.0. The lowest BCUT2D eigenvalue weighted by Crippen LogP contribution is -2.16. The fourth-order valence-corrected chi connectivity index (χ4v) is 1.96. The highest BCUT2D eigenvalue weighted by Gasteiger charge is 2.20. The van der Waals surface area contributed by atoms with Crippen molar-refractivity contribution >= 4 is 0 Å². The van der Waals surface area contributed by atoms with E-state index in [9.17, 15) is 5.11 Å². The van der Waals surface area contributed by atoms with Gasteiger partial charge in [0, 0.05) is 18.8 Å². The maximum Gasteiger partial charge on any atom is 0.115 e. The summed E-state index contributed by atoms with van der Waals surface area (Å²) in [6.45, 7) is 1.54. The van der Waals surface area contributed by atoms with Crippen LogP contribution in [0.1, 0.15) is 24.1 Å². The monoisotopic (exact) mass is 243 g/mol. The van der Waals surface area contributed by atoms with Crippen molar-refractivity contribution in [3.63, 3.8) is 0 Å². The molecule has 4 heteroatoms. The topological polar surface area (TPSA) is 50.1 Å². The minimum Gasteiger partial charge on any atom is -0.508 e. The van der Waals surface area contributed by atoms with Gasteiger partial charge in [0.1, 0.15) is 5.75 Å². The molecule has 0 spiro atoms. The van der Waals surface area contributed by atoms with Crippen LogP contribution in [0.2, 0.25) is 0 Å². The van der Waals surface area contributed by atoms with Crippen molar-refractivity contribution < 1.29 is 5.11 Å². The second-order valence-electron chi connectivity index (χ2n) is 4.83. The number of hydrogen-bond acceptors (Lipinski definition) is 3. The average molecular weight is 243 g/mol. The lowest BCUT2D eigenvalue weighted by atomic mass is 10.2. The lowest BCUT2D eigenvalue weighted by Gasteiger charge is -2.03. The van der Waals surface area contributed by atoms with E-state index >= 15 is 0 Å². The van der Waals surface area contributed by atoms with Crippen LogP contribution in [0, 0.1) is 0 Å². The summed E-state index contributed by atoms with van der Waals surface area (Å²) in [5, 5.41) is 17.4. The molecular formula is C14H17N3O. The summed E-state index contributed by atoms with van der Waals surface area (Å²) in [5.41, 5.74) is 2.13. The molecule has 0 radical (unpaired) electrons. The molecule has 18 heavy (non-hydrogen) atoms. The first-order chi connectivity index (χ1) is 8.79. The van der Waals surface area contributed by atoms with E-state index in [0.717, 1.165) is 17.8 Å². The zero-order valence-electron chi connectivity index (χ0n) is 10.2. The highest BCUT2D eigenvalue weighted by atomic mass is 16.3. The van der Waals surface area contributed by atoms with Gasteiger partial charge in [-0.3, -0.25) is 4.68 Å². The molecule has 0 unspecified atom stereocenters. The molecule has 1 aromatic heterocycles. The number of phenolic OH excluding ortho intramolecular Hbond substituents is 1. The van der Waals surface area contributed by atoms with E-state index in [1.165, 1.54) is 12.8 Å². The number of phenols is 1. The molecule has 3 rings (SSSR count). The predicted octanol–water partition coefficient (Wildman–Crippen LogP) is 1.89. The number of nitrogens with one attached hydrogen (secondary N) is 1. The second kappa shape index (κ2) is 4.82. The Balaban J connectivity index is 1.61. The van der Waals surface area contributed by atoms with Crippen LogP contribution < -0.4 is 5.32 Å². The van der Waals surface area contributed by atoms with Gasteiger partial charge in [-0.2, -0.15) is 5.10 Å². The van der Waals surface area contributed by atoms with E-state index < -0.39 is 0 Å². The fraction of sp³-hybridized carbons (Fsp3) is 0.357. The zero-order valence-corrected chi connectivity index (χ0v) is 10.2. The van der Waals surface area contributed by atoms with Gasteiger partial charge in [-0.25, -0.2) is 0 Å². The summed E-state index contributed by atoms with van der Waals surface area (Å²) in [5.74, 6) is 0.301. The van der Waals surface area contributed by atoms with Crippen molar-refractivity contribution in [1.29, 1.82) is 0 Å². The van der Waals surface area contributed by atoms with E-state index in [2.05, 4.69) is 10.4 Å². The first-order valence-electron chi connectivity index (χ1n) is 6.33. The van der Waals surface area contributed by atoms with Crippen molar-refractivity contribution in [2.75, 3.05) is 0 Å². The number of rotatable bonds is 5. The Morgan fingerprint density at radius 2 is 2.22 bits per heavy atom. The zero-order chi connectivity index (χ0) is 12.4. The van der Waals surface area contributed by atoms with Crippen LogP contribution in [0.3, 0.4) is 0 Å². The molecular weight excluding hydrogens is 226 g/mol. The van der Waals surface area contributed by atoms with Crippen LogP contribution in [0.4, 0.5) is 0 Å². The Kier molecular flexibility index (Phi) is 3.02. The van der Waals surface area contributed by atoms with Crippen molar-refractivity contribution in [3.8, 4) is 5.75 Å². The summed E-state index contributed by atoms with van der Waals surface area (Å²) in [4.78, 5) is 0. The molecule has 1 aromatic carbocycles. The summed E-state index contributed by atoms with van der Waals surface area (Å²) in [7, 11) is 0. The molecule has 1 aliphatic rings. The molecule has 1 aliphatic carbocycles. The number of nitrogens with zero attached hydrogens (tertiary/aromatic N) is 2. The van der Waals surface area contributed by atoms with Crippen molar-refractivity contribution in [2.45, 2.75) is 32.0 Å². The third-order valence-electron chi connectivity index (χ3n) is 3.10. The van der Waals surface area contributed by atoms with E-state index in [-0.39, 0.29) is 0 Å². The number of benzene rings is 1. The maximum atomic E-state index is 9.41. The van der Waals surface area contributed by atoms with Crippen molar-refractivity contribution in [2.24, 2.45) is 0 Å². The Labute approximate surface area is 106 Å². The van der Waals surface area contributed by atoms with Crippen molar-refractivity contribution in [3.05, 3.63) is 47.8 Å². The fourth-order valence-electron chi connectivity index (χ4n) is 1.96. The molecule has 4 nitrogen and oxygen atoms in total. The van der Waals surface area contributed by atoms with Crippen LogP contribution >= 0.6 is 0 Å². The van der Waals surface area contributed by atoms with Gasteiger partial charge in [0.25, 0.3) is 0 Å². The van der Waals surface area contributed by atoms with Crippen LogP contribution in [-0.2, 0) is 13.1 Å².